The molecule has 1 N–H and O–H groups in total. The third kappa shape index (κ3) is 2.59. The maximum atomic E-state index is 12.1. The van der Waals surface area contributed by atoms with Crippen molar-refractivity contribution in [1.29, 1.82) is 0 Å². The van der Waals surface area contributed by atoms with Gasteiger partial charge in [-0.1, -0.05) is 19.9 Å². The summed E-state index contributed by atoms with van der Waals surface area (Å²) in [6, 6.07) is 5.79. The lowest BCUT2D eigenvalue weighted by Gasteiger charge is -2.15. The van der Waals surface area contributed by atoms with Crippen molar-refractivity contribution >= 4 is 11.6 Å². The van der Waals surface area contributed by atoms with Crippen molar-refractivity contribution in [1.82, 2.24) is 0 Å². The number of hydrogen-bond acceptors (Lipinski definition) is 3. The van der Waals surface area contributed by atoms with Gasteiger partial charge < -0.3 is 14.8 Å². The first-order chi connectivity index (χ1) is 9.15. The molecule has 0 aromatic heterocycles. The van der Waals surface area contributed by atoms with Crippen LogP contribution in [0.15, 0.2) is 18.2 Å². The van der Waals surface area contributed by atoms with Crippen LogP contribution >= 0.6 is 0 Å². The lowest BCUT2D eigenvalue weighted by atomic mass is 9.91. The molecular weight excluding hydrogens is 242 g/mol. The number of anilines is 1. The Morgan fingerprint density at radius 2 is 2.26 bits per heavy atom. The second-order valence-electron chi connectivity index (χ2n) is 5.66. The minimum Gasteiger partial charge on any atom is -0.490 e. The molecule has 1 saturated heterocycles. The van der Waals surface area contributed by atoms with Crippen LogP contribution in [-0.2, 0) is 9.53 Å². The van der Waals surface area contributed by atoms with Gasteiger partial charge in [0.2, 0.25) is 5.91 Å². The van der Waals surface area contributed by atoms with Crippen molar-refractivity contribution in [2.24, 2.45) is 5.92 Å². The number of amides is 1. The Hall–Kier alpha value is -1.55. The summed E-state index contributed by atoms with van der Waals surface area (Å²) in [7, 11) is 0. The van der Waals surface area contributed by atoms with Gasteiger partial charge in [-0.3, -0.25) is 4.79 Å². The van der Waals surface area contributed by atoms with Crippen LogP contribution < -0.4 is 10.1 Å². The second kappa shape index (κ2) is 4.85. The van der Waals surface area contributed by atoms with E-state index in [-0.39, 0.29) is 17.9 Å². The highest BCUT2D eigenvalue weighted by Crippen LogP contribution is 2.42. The molecule has 4 nitrogen and oxygen atoms in total. The largest absolute Gasteiger partial charge is 0.490 e. The van der Waals surface area contributed by atoms with Gasteiger partial charge in [0.1, 0.15) is 18.5 Å². The van der Waals surface area contributed by atoms with E-state index in [1.54, 1.807) is 0 Å². The molecule has 4 heteroatoms. The Labute approximate surface area is 113 Å². The first-order valence-electron chi connectivity index (χ1n) is 6.83. The zero-order chi connectivity index (χ0) is 13.4. The molecule has 2 aliphatic rings. The predicted molar refractivity (Wildman–Crippen MR) is 72.5 cm³/mol. The van der Waals surface area contributed by atoms with E-state index in [4.69, 9.17) is 9.47 Å². The third-order valence-corrected chi connectivity index (χ3v) is 3.52. The van der Waals surface area contributed by atoms with Crippen molar-refractivity contribution < 1.29 is 14.3 Å². The number of fused-ring (bicyclic) bond motifs is 1. The molecule has 2 aliphatic heterocycles. The Balaban J connectivity index is 1.85. The van der Waals surface area contributed by atoms with Crippen molar-refractivity contribution in [2.45, 2.75) is 32.3 Å². The van der Waals surface area contributed by atoms with E-state index >= 15 is 0 Å². The van der Waals surface area contributed by atoms with Gasteiger partial charge in [-0.25, -0.2) is 0 Å². The molecule has 1 aromatic rings. The smallest absolute Gasteiger partial charge is 0.232 e. The van der Waals surface area contributed by atoms with Crippen LogP contribution in [-0.4, -0.2) is 25.2 Å². The average molecular weight is 261 g/mol. The molecule has 1 amide bonds. The molecule has 19 heavy (non-hydrogen) atoms. The van der Waals surface area contributed by atoms with E-state index in [2.05, 4.69) is 19.2 Å². The molecule has 102 valence electrons. The second-order valence-corrected chi connectivity index (χ2v) is 5.66. The van der Waals surface area contributed by atoms with Crippen LogP contribution in [0.25, 0.3) is 0 Å². The highest BCUT2D eigenvalue weighted by atomic mass is 16.6. The highest BCUT2D eigenvalue weighted by molar-refractivity contribution is 6.03. The maximum Gasteiger partial charge on any atom is 0.232 e. The van der Waals surface area contributed by atoms with E-state index in [9.17, 15) is 4.79 Å². The standard InChI is InChI=1S/C15H19NO3/c1-9(2)6-11-14-12(16-15(11)17)4-3-5-13(14)19-8-10-7-18-10/h3-5,9-11H,6-8H2,1-2H3,(H,16,17)/t10-,11?/m0/s1. The lowest BCUT2D eigenvalue weighted by molar-refractivity contribution is -0.117. The number of epoxide rings is 1. The zero-order valence-electron chi connectivity index (χ0n) is 11.3. The van der Waals surface area contributed by atoms with Crippen LogP contribution in [0.5, 0.6) is 5.75 Å². The molecule has 1 fully saturated rings. The average Bonchev–Trinajstić information content (AvgIpc) is 3.13. The molecule has 0 bridgehead atoms. The summed E-state index contributed by atoms with van der Waals surface area (Å²) in [5.41, 5.74) is 1.91. The van der Waals surface area contributed by atoms with Gasteiger partial charge in [0.15, 0.2) is 0 Å². The predicted octanol–water partition coefficient (Wildman–Crippen LogP) is 2.55. The van der Waals surface area contributed by atoms with Crippen LogP contribution in [0.2, 0.25) is 0 Å². The molecule has 0 spiro atoms. The van der Waals surface area contributed by atoms with Gasteiger partial charge >= 0.3 is 0 Å². The number of rotatable bonds is 5. The number of hydrogen-bond donors (Lipinski definition) is 1. The van der Waals surface area contributed by atoms with Crippen LogP contribution in [0.1, 0.15) is 31.7 Å². The topological polar surface area (TPSA) is 50.9 Å². The van der Waals surface area contributed by atoms with Gasteiger partial charge in [0.05, 0.1) is 12.5 Å². The van der Waals surface area contributed by atoms with E-state index < -0.39 is 0 Å². The minimum absolute atomic E-state index is 0.0856. The lowest BCUT2D eigenvalue weighted by Crippen LogP contribution is -2.14. The summed E-state index contributed by atoms with van der Waals surface area (Å²) in [4.78, 5) is 12.1. The molecule has 2 atom stereocenters. The fourth-order valence-electron chi connectivity index (χ4n) is 2.53. The summed E-state index contributed by atoms with van der Waals surface area (Å²) < 4.78 is 11.0. The fraction of sp³-hybridized carbons (Fsp3) is 0.533. The van der Waals surface area contributed by atoms with Crippen LogP contribution in [0.3, 0.4) is 0 Å². The summed E-state index contributed by atoms with van der Waals surface area (Å²) in [5, 5.41) is 2.95. The van der Waals surface area contributed by atoms with Gasteiger partial charge in [-0.05, 0) is 24.5 Å². The first-order valence-corrected chi connectivity index (χ1v) is 6.83. The molecule has 1 unspecified atom stereocenters. The number of benzene rings is 1. The normalized spacial score (nSPS) is 24.3. The van der Waals surface area contributed by atoms with Crippen molar-refractivity contribution in [3.63, 3.8) is 0 Å². The van der Waals surface area contributed by atoms with E-state index in [0.29, 0.717) is 12.5 Å². The van der Waals surface area contributed by atoms with Crippen molar-refractivity contribution in [3.05, 3.63) is 23.8 Å². The molecule has 0 saturated carbocycles. The Kier molecular flexibility index (Phi) is 3.19. The molecule has 2 heterocycles. The van der Waals surface area contributed by atoms with Crippen molar-refractivity contribution in [3.8, 4) is 5.75 Å². The molecule has 0 aliphatic carbocycles. The fourth-order valence-corrected chi connectivity index (χ4v) is 2.53. The quantitative estimate of drug-likeness (QED) is 0.829. The molecular formula is C15H19NO3. The number of ether oxygens (including phenoxy) is 2. The third-order valence-electron chi connectivity index (χ3n) is 3.52. The monoisotopic (exact) mass is 261 g/mol. The Morgan fingerprint density at radius 1 is 1.47 bits per heavy atom. The Bertz CT molecular complexity index is 494. The van der Waals surface area contributed by atoms with Gasteiger partial charge in [-0.2, -0.15) is 0 Å². The number of nitrogens with one attached hydrogen (secondary N) is 1. The SMILES string of the molecule is CC(C)CC1C(=O)Nc2cccc(OC[C@@H]3CO3)c21. The van der Waals surface area contributed by atoms with E-state index in [1.807, 2.05) is 18.2 Å². The highest BCUT2D eigenvalue weighted by Gasteiger charge is 2.34. The maximum absolute atomic E-state index is 12.1. The summed E-state index contributed by atoms with van der Waals surface area (Å²) in [6.45, 7) is 5.61. The van der Waals surface area contributed by atoms with Gasteiger partial charge in [0, 0.05) is 11.3 Å². The summed E-state index contributed by atoms with van der Waals surface area (Å²) >= 11 is 0. The zero-order valence-corrected chi connectivity index (χ0v) is 11.3. The summed E-state index contributed by atoms with van der Waals surface area (Å²) in [6.07, 6.45) is 1.07. The Morgan fingerprint density at radius 3 is 2.95 bits per heavy atom. The van der Waals surface area contributed by atoms with Crippen LogP contribution in [0.4, 0.5) is 5.69 Å². The van der Waals surface area contributed by atoms with Gasteiger partial charge in [0.25, 0.3) is 0 Å². The number of carbonyl (C=O) groups is 1. The first kappa shape index (κ1) is 12.5. The van der Waals surface area contributed by atoms with Crippen LogP contribution in [0, 0.1) is 5.92 Å². The summed E-state index contributed by atoms with van der Waals surface area (Å²) in [5.74, 6) is 1.28. The number of carbonyl (C=O) groups excluding carboxylic acids is 1. The minimum atomic E-state index is -0.0914. The molecule has 1 aromatic carbocycles. The van der Waals surface area contributed by atoms with E-state index in [0.717, 1.165) is 30.0 Å². The molecule has 3 rings (SSSR count). The molecule has 0 radical (unpaired) electrons. The van der Waals surface area contributed by atoms with Crippen molar-refractivity contribution in [2.75, 3.05) is 18.5 Å². The van der Waals surface area contributed by atoms with Gasteiger partial charge in [-0.15, -0.1) is 0 Å². The van der Waals surface area contributed by atoms with E-state index in [1.165, 1.54) is 0 Å².